The summed E-state index contributed by atoms with van der Waals surface area (Å²) in [6, 6.07) is 0. The Morgan fingerprint density at radius 1 is 1.13 bits per heavy atom. The smallest absolute Gasteiger partial charge is 0.334 e. The van der Waals surface area contributed by atoms with Gasteiger partial charge in [0.05, 0.1) is 24.5 Å². The number of carbonyl (C=O) groups excluding carboxylic acids is 2. The summed E-state index contributed by atoms with van der Waals surface area (Å²) in [7, 11) is -2.55. The Hall–Kier alpha value is -1.05. The van der Waals surface area contributed by atoms with Crippen LogP contribution in [0, 0.1) is 0 Å². The molecule has 0 aromatic heterocycles. The van der Waals surface area contributed by atoms with Gasteiger partial charge in [0.1, 0.15) is 6.10 Å². The van der Waals surface area contributed by atoms with Gasteiger partial charge in [-0.25, -0.2) is 4.79 Å². The number of hydrogen-bond donors (Lipinski definition) is 2. The molecule has 0 aromatic carbocycles. The topological polar surface area (TPSA) is 93.1 Å². The largest absolute Gasteiger partial charge is 0.465 e. The van der Waals surface area contributed by atoms with E-state index in [4.69, 9.17) is 9.47 Å². The first-order valence-electron chi connectivity index (χ1n) is 8.12. The minimum absolute atomic E-state index is 0.0290. The van der Waals surface area contributed by atoms with E-state index in [0.29, 0.717) is 6.61 Å². The van der Waals surface area contributed by atoms with E-state index in [1.807, 2.05) is 0 Å². The summed E-state index contributed by atoms with van der Waals surface area (Å²) in [4.78, 5) is 23.3. The summed E-state index contributed by atoms with van der Waals surface area (Å²) in [5, 5.41) is 0. The minimum Gasteiger partial charge on any atom is -0.465 e. The second-order valence-electron chi connectivity index (χ2n) is 5.93. The fraction of sp³-hybridized carbons (Fsp3) is 0.750. The molecule has 0 bridgehead atoms. The van der Waals surface area contributed by atoms with Crippen molar-refractivity contribution in [3.8, 4) is 0 Å². The highest BCUT2D eigenvalue weighted by molar-refractivity contribution is 8.25. The summed E-state index contributed by atoms with van der Waals surface area (Å²) in [5.74, 6) is -1.04. The molecule has 0 amide bonds. The first kappa shape index (κ1) is 20.0. The van der Waals surface area contributed by atoms with E-state index >= 15 is 0 Å². The lowest BCUT2D eigenvalue weighted by atomic mass is 10.1. The standard InChI is InChI=1S/C16H28O6S/c1-3-4-5-6-7-8-9-21-15(17)10-13(2)16(18)22-14-11-23(19,20)12-14/h14,19-20H,2-12H2,1H3. The minimum atomic E-state index is -2.55. The van der Waals surface area contributed by atoms with E-state index in [2.05, 4.69) is 13.5 Å². The zero-order valence-electron chi connectivity index (χ0n) is 13.8. The van der Waals surface area contributed by atoms with Gasteiger partial charge in [-0.2, -0.15) is 10.6 Å². The first-order valence-corrected chi connectivity index (χ1v) is 10.0. The lowest BCUT2D eigenvalue weighted by Crippen LogP contribution is -2.41. The predicted octanol–water partition coefficient (Wildman–Crippen LogP) is 3.51. The molecule has 6 nitrogen and oxygen atoms in total. The van der Waals surface area contributed by atoms with Crippen LogP contribution in [0.1, 0.15) is 51.9 Å². The van der Waals surface area contributed by atoms with Gasteiger partial charge >= 0.3 is 11.9 Å². The molecule has 0 aliphatic carbocycles. The number of esters is 2. The fourth-order valence-electron chi connectivity index (χ4n) is 2.22. The maximum absolute atomic E-state index is 11.7. The molecule has 0 radical (unpaired) electrons. The van der Waals surface area contributed by atoms with Gasteiger partial charge in [-0.05, 0) is 6.42 Å². The van der Waals surface area contributed by atoms with Crippen molar-refractivity contribution in [3.05, 3.63) is 12.2 Å². The number of ether oxygens (including phenoxy) is 2. The van der Waals surface area contributed by atoms with E-state index < -0.39 is 28.6 Å². The van der Waals surface area contributed by atoms with Gasteiger partial charge in [0.15, 0.2) is 0 Å². The van der Waals surface area contributed by atoms with Crippen molar-refractivity contribution >= 4 is 22.5 Å². The molecule has 0 unspecified atom stereocenters. The quantitative estimate of drug-likeness (QED) is 0.337. The van der Waals surface area contributed by atoms with Crippen LogP contribution in [0.4, 0.5) is 0 Å². The molecule has 0 saturated carbocycles. The molecule has 134 valence electrons. The molecule has 2 N–H and O–H groups in total. The van der Waals surface area contributed by atoms with Crippen molar-refractivity contribution in [2.75, 3.05) is 18.1 Å². The Kier molecular flexibility index (Phi) is 8.65. The Bertz CT molecular complexity index is 413. The lowest BCUT2D eigenvalue weighted by molar-refractivity contribution is -0.148. The SMILES string of the molecule is C=C(CC(=O)OCCCCCCCC)C(=O)OC1CS(O)(O)C1. The first-order chi connectivity index (χ1) is 10.8. The maximum Gasteiger partial charge on any atom is 0.334 e. The third kappa shape index (κ3) is 8.39. The van der Waals surface area contributed by atoms with E-state index in [1.54, 1.807) is 0 Å². The summed E-state index contributed by atoms with van der Waals surface area (Å²) < 4.78 is 28.5. The van der Waals surface area contributed by atoms with Gasteiger partial charge < -0.3 is 9.47 Å². The van der Waals surface area contributed by atoms with E-state index in [-0.39, 0.29) is 23.5 Å². The summed E-state index contributed by atoms with van der Waals surface area (Å²) >= 11 is 0. The van der Waals surface area contributed by atoms with Crippen molar-refractivity contribution < 1.29 is 28.2 Å². The third-order valence-corrected chi connectivity index (χ3v) is 5.40. The highest BCUT2D eigenvalue weighted by atomic mass is 32.3. The zero-order valence-corrected chi connectivity index (χ0v) is 14.6. The van der Waals surface area contributed by atoms with Crippen LogP contribution in [-0.2, 0) is 19.1 Å². The van der Waals surface area contributed by atoms with Crippen molar-refractivity contribution in [1.29, 1.82) is 0 Å². The highest BCUT2D eigenvalue weighted by Crippen LogP contribution is 2.49. The monoisotopic (exact) mass is 348 g/mol. The molecule has 1 saturated heterocycles. The molecule has 23 heavy (non-hydrogen) atoms. The average Bonchev–Trinajstić information content (AvgIpc) is 2.44. The zero-order chi connectivity index (χ0) is 17.3. The van der Waals surface area contributed by atoms with Crippen molar-refractivity contribution in [1.82, 2.24) is 0 Å². The van der Waals surface area contributed by atoms with Crippen LogP contribution in [0.25, 0.3) is 0 Å². The Morgan fingerprint density at radius 2 is 1.74 bits per heavy atom. The van der Waals surface area contributed by atoms with Crippen LogP contribution in [-0.4, -0.2) is 45.3 Å². The second kappa shape index (κ2) is 9.95. The Balaban J connectivity index is 2.06. The number of hydrogen-bond acceptors (Lipinski definition) is 6. The molecule has 0 spiro atoms. The molecule has 1 fully saturated rings. The van der Waals surface area contributed by atoms with Crippen LogP contribution in [0.15, 0.2) is 12.2 Å². The van der Waals surface area contributed by atoms with Gasteiger partial charge in [-0.1, -0.05) is 45.6 Å². The molecule has 1 aliphatic heterocycles. The Labute approximate surface area is 139 Å². The molecular weight excluding hydrogens is 320 g/mol. The van der Waals surface area contributed by atoms with Crippen LogP contribution in [0.5, 0.6) is 0 Å². The molecule has 1 aliphatic rings. The number of rotatable bonds is 11. The number of carbonyl (C=O) groups is 2. The molecule has 0 aromatic rings. The van der Waals surface area contributed by atoms with Crippen LogP contribution < -0.4 is 0 Å². The summed E-state index contributed by atoms with van der Waals surface area (Å²) in [6.07, 6.45) is 5.95. The van der Waals surface area contributed by atoms with Crippen LogP contribution in [0.2, 0.25) is 0 Å². The van der Waals surface area contributed by atoms with E-state index in [9.17, 15) is 18.7 Å². The van der Waals surface area contributed by atoms with Crippen molar-refractivity contribution in [2.24, 2.45) is 0 Å². The summed E-state index contributed by atoms with van der Waals surface area (Å²) in [6.45, 7) is 6.05. The maximum atomic E-state index is 11.7. The third-order valence-electron chi connectivity index (χ3n) is 3.59. The molecule has 1 rings (SSSR count). The fourth-order valence-corrected chi connectivity index (χ4v) is 3.44. The molecule has 7 heteroatoms. The van der Waals surface area contributed by atoms with Gasteiger partial charge in [-0.3, -0.25) is 13.9 Å². The second-order valence-corrected chi connectivity index (χ2v) is 8.20. The molecule has 1 heterocycles. The predicted molar refractivity (Wildman–Crippen MR) is 90.6 cm³/mol. The average molecular weight is 348 g/mol. The van der Waals surface area contributed by atoms with Gasteiger partial charge in [-0.15, -0.1) is 0 Å². The molecular formula is C16H28O6S. The normalized spacial score (nSPS) is 17.9. The van der Waals surface area contributed by atoms with Gasteiger partial charge in [0.2, 0.25) is 0 Å². The lowest BCUT2D eigenvalue weighted by Gasteiger charge is -2.45. The van der Waals surface area contributed by atoms with E-state index in [0.717, 1.165) is 19.3 Å². The van der Waals surface area contributed by atoms with Crippen molar-refractivity contribution in [3.63, 3.8) is 0 Å². The molecule has 0 atom stereocenters. The van der Waals surface area contributed by atoms with Crippen molar-refractivity contribution in [2.45, 2.75) is 58.0 Å². The van der Waals surface area contributed by atoms with Gasteiger partial charge in [0.25, 0.3) is 0 Å². The van der Waals surface area contributed by atoms with Crippen LogP contribution >= 0.6 is 10.6 Å². The Morgan fingerprint density at radius 3 is 2.35 bits per heavy atom. The summed E-state index contributed by atoms with van der Waals surface area (Å²) in [5.41, 5.74) is 0.0290. The van der Waals surface area contributed by atoms with E-state index in [1.165, 1.54) is 19.3 Å². The van der Waals surface area contributed by atoms with Gasteiger partial charge in [0, 0.05) is 5.57 Å². The highest BCUT2D eigenvalue weighted by Gasteiger charge is 2.37. The van der Waals surface area contributed by atoms with Crippen LogP contribution in [0.3, 0.4) is 0 Å². The number of unbranched alkanes of at least 4 members (excludes halogenated alkanes) is 5.